The summed E-state index contributed by atoms with van der Waals surface area (Å²) in [6.07, 6.45) is 1.79. The van der Waals surface area contributed by atoms with Gasteiger partial charge in [-0.3, -0.25) is 0 Å². The molecule has 1 fully saturated rings. The molecule has 3 nitrogen and oxygen atoms in total. The van der Waals surface area contributed by atoms with Crippen molar-refractivity contribution in [1.82, 2.24) is 5.32 Å². The number of ether oxygens (including phenoxy) is 1. The predicted octanol–water partition coefficient (Wildman–Crippen LogP) is 1.14. The van der Waals surface area contributed by atoms with Crippen LogP contribution in [0.3, 0.4) is 0 Å². The first kappa shape index (κ1) is 7.38. The van der Waals surface area contributed by atoms with Crippen molar-refractivity contribution in [3.63, 3.8) is 0 Å². The molecule has 0 saturated carbocycles. The lowest BCUT2D eigenvalue weighted by molar-refractivity contribution is 0.131. The molecule has 0 radical (unpaired) electrons. The van der Waals surface area contributed by atoms with E-state index in [0.717, 1.165) is 19.4 Å². The number of carbonyl (C=O) groups is 1. The number of amides is 1. The molecule has 0 aromatic carbocycles. The highest BCUT2D eigenvalue weighted by Gasteiger charge is 2.09. The van der Waals surface area contributed by atoms with Crippen molar-refractivity contribution in [2.75, 3.05) is 13.2 Å². The molecule has 1 rings (SSSR count). The van der Waals surface area contributed by atoms with Gasteiger partial charge in [0, 0.05) is 6.54 Å². The van der Waals surface area contributed by atoms with Gasteiger partial charge >= 0.3 is 6.09 Å². The Kier molecular flexibility index (Phi) is 2.54. The minimum absolute atomic E-state index is 0.271. The van der Waals surface area contributed by atoms with Crippen molar-refractivity contribution in [1.29, 1.82) is 0 Å². The Morgan fingerprint density at radius 2 is 2.40 bits per heavy atom. The fraction of sp³-hybridized carbons (Fsp3) is 0.857. The van der Waals surface area contributed by atoms with Gasteiger partial charge in [-0.1, -0.05) is 6.92 Å². The molecule has 0 aromatic heterocycles. The molecule has 1 amide bonds. The Balaban J connectivity index is 2.27. The van der Waals surface area contributed by atoms with Crippen molar-refractivity contribution in [2.24, 2.45) is 5.92 Å². The number of cyclic esters (lactones) is 1. The van der Waals surface area contributed by atoms with Crippen LogP contribution in [0.2, 0.25) is 0 Å². The SMILES string of the molecule is CC1CCNC(=O)OCC1. The van der Waals surface area contributed by atoms with Crippen LogP contribution < -0.4 is 5.32 Å². The summed E-state index contributed by atoms with van der Waals surface area (Å²) in [6.45, 7) is 3.48. The van der Waals surface area contributed by atoms with E-state index in [0.29, 0.717) is 12.5 Å². The summed E-state index contributed by atoms with van der Waals surface area (Å²) in [5, 5.41) is 2.65. The van der Waals surface area contributed by atoms with Gasteiger partial charge < -0.3 is 10.1 Å². The molecular formula is C7H13NO2. The lowest BCUT2D eigenvalue weighted by atomic mass is 10.0. The van der Waals surface area contributed by atoms with E-state index >= 15 is 0 Å². The number of alkyl carbamates (subject to hydrolysis) is 1. The molecular weight excluding hydrogens is 130 g/mol. The van der Waals surface area contributed by atoms with Crippen molar-refractivity contribution < 1.29 is 9.53 Å². The van der Waals surface area contributed by atoms with Crippen LogP contribution in [0.25, 0.3) is 0 Å². The van der Waals surface area contributed by atoms with Gasteiger partial charge in [0.25, 0.3) is 0 Å². The lowest BCUT2D eigenvalue weighted by Crippen LogP contribution is -2.29. The van der Waals surface area contributed by atoms with Gasteiger partial charge in [-0.25, -0.2) is 4.79 Å². The van der Waals surface area contributed by atoms with Crippen molar-refractivity contribution >= 4 is 6.09 Å². The van der Waals surface area contributed by atoms with E-state index in [1.54, 1.807) is 0 Å². The van der Waals surface area contributed by atoms with Gasteiger partial charge in [-0.2, -0.15) is 0 Å². The molecule has 0 spiro atoms. The van der Waals surface area contributed by atoms with E-state index in [2.05, 4.69) is 12.2 Å². The van der Waals surface area contributed by atoms with Gasteiger partial charge in [-0.05, 0) is 18.8 Å². The van der Waals surface area contributed by atoms with E-state index in [-0.39, 0.29) is 6.09 Å². The summed E-state index contributed by atoms with van der Waals surface area (Å²) in [7, 11) is 0. The summed E-state index contributed by atoms with van der Waals surface area (Å²) in [5.41, 5.74) is 0. The monoisotopic (exact) mass is 143 g/mol. The van der Waals surface area contributed by atoms with E-state index in [9.17, 15) is 4.79 Å². The Labute approximate surface area is 60.7 Å². The number of carbonyl (C=O) groups excluding carboxylic acids is 1. The highest BCUT2D eigenvalue weighted by molar-refractivity contribution is 5.67. The second-order valence-corrected chi connectivity index (χ2v) is 2.75. The molecule has 3 heteroatoms. The van der Waals surface area contributed by atoms with E-state index in [4.69, 9.17) is 4.74 Å². The largest absolute Gasteiger partial charge is 0.450 e. The fourth-order valence-electron chi connectivity index (χ4n) is 0.969. The molecule has 1 N–H and O–H groups in total. The maximum absolute atomic E-state index is 10.6. The maximum Gasteiger partial charge on any atom is 0.407 e. The van der Waals surface area contributed by atoms with Crippen molar-refractivity contribution in [3.05, 3.63) is 0 Å². The van der Waals surface area contributed by atoms with E-state index < -0.39 is 0 Å². The number of hydrogen-bond donors (Lipinski definition) is 1. The van der Waals surface area contributed by atoms with Gasteiger partial charge in [0.2, 0.25) is 0 Å². The number of hydrogen-bond acceptors (Lipinski definition) is 2. The summed E-state index contributed by atoms with van der Waals surface area (Å²) in [4.78, 5) is 10.6. The first-order valence-corrected chi connectivity index (χ1v) is 3.69. The first-order chi connectivity index (χ1) is 4.79. The van der Waals surface area contributed by atoms with Crippen LogP contribution in [0, 0.1) is 5.92 Å². The van der Waals surface area contributed by atoms with Crippen LogP contribution in [0.4, 0.5) is 4.79 Å². The van der Waals surface area contributed by atoms with E-state index in [1.165, 1.54) is 0 Å². The Hall–Kier alpha value is -0.730. The predicted molar refractivity (Wildman–Crippen MR) is 37.7 cm³/mol. The molecule has 1 atom stereocenters. The summed E-state index contributed by atoms with van der Waals surface area (Å²) < 4.78 is 4.80. The van der Waals surface area contributed by atoms with Crippen LogP contribution in [0.1, 0.15) is 19.8 Å². The van der Waals surface area contributed by atoms with Crippen molar-refractivity contribution in [3.8, 4) is 0 Å². The quantitative estimate of drug-likeness (QED) is 0.552. The molecule has 1 aliphatic rings. The Morgan fingerprint density at radius 1 is 1.60 bits per heavy atom. The third-order valence-electron chi connectivity index (χ3n) is 1.75. The van der Waals surface area contributed by atoms with Gasteiger partial charge in [0.15, 0.2) is 0 Å². The third-order valence-corrected chi connectivity index (χ3v) is 1.75. The number of rotatable bonds is 0. The molecule has 0 aliphatic carbocycles. The normalized spacial score (nSPS) is 27.7. The van der Waals surface area contributed by atoms with Crippen LogP contribution in [0.15, 0.2) is 0 Å². The number of nitrogens with one attached hydrogen (secondary N) is 1. The Morgan fingerprint density at radius 3 is 3.20 bits per heavy atom. The van der Waals surface area contributed by atoms with Crippen LogP contribution >= 0.6 is 0 Å². The smallest absolute Gasteiger partial charge is 0.407 e. The zero-order valence-corrected chi connectivity index (χ0v) is 6.22. The molecule has 0 aromatic rings. The van der Waals surface area contributed by atoms with Gasteiger partial charge in [0.05, 0.1) is 6.61 Å². The Bertz CT molecular complexity index is 113. The van der Waals surface area contributed by atoms with Gasteiger partial charge in [0.1, 0.15) is 0 Å². The average Bonchev–Trinajstić information content (AvgIpc) is 1.84. The van der Waals surface area contributed by atoms with Crippen LogP contribution in [-0.2, 0) is 4.74 Å². The summed E-state index contributed by atoms with van der Waals surface area (Å²) in [5.74, 6) is 0.667. The maximum atomic E-state index is 10.6. The molecule has 1 unspecified atom stereocenters. The van der Waals surface area contributed by atoms with Gasteiger partial charge in [-0.15, -0.1) is 0 Å². The molecule has 1 saturated heterocycles. The molecule has 1 aliphatic heterocycles. The summed E-state index contributed by atoms with van der Waals surface area (Å²) >= 11 is 0. The zero-order chi connectivity index (χ0) is 7.40. The summed E-state index contributed by atoms with van der Waals surface area (Å²) in [6, 6.07) is 0. The minimum Gasteiger partial charge on any atom is -0.450 e. The molecule has 10 heavy (non-hydrogen) atoms. The highest BCUT2D eigenvalue weighted by Crippen LogP contribution is 2.08. The fourth-order valence-corrected chi connectivity index (χ4v) is 0.969. The molecule has 58 valence electrons. The van der Waals surface area contributed by atoms with E-state index in [1.807, 2.05) is 0 Å². The second-order valence-electron chi connectivity index (χ2n) is 2.75. The first-order valence-electron chi connectivity index (χ1n) is 3.69. The molecule has 0 bridgehead atoms. The third kappa shape index (κ3) is 2.25. The minimum atomic E-state index is -0.271. The zero-order valence-electron chi connectivity index (χ0n) is 6.22. The highest BCUT2D eigenvalue weighted by atomic mass is 16.5. The van der Waals surface area contributed by atoms with Crippen LogP contribution in [0.5, 0.6) is 0 Å². The van der Waals surface area contributed by atoms with Crippen LogP contribution in [-0.4, -0.2) is 19.2 Å². The topological polar surface area (TPSA) is 38.3 Å². The lowest BCUT2D eigenvalue weighted by Gasteiger charge is -2.15. The molecule has 1 heterocycles. The van der Waals surface area contributed by atoms with Crippen molar-refractivity contribution in [2.45, 2.75) is 19.8 Å². The average molecular weight is 143 g/mol. The standard InChI is InChI=1S/C7H13NO2/c1-6-2-4-8-7(9)10-5-3-6/h6H,2-5H2,1H3,(H,8,9). The second kappa shape index (κ2) is 3.44.